The van der Waals surface area contributed by atoms with Gasteiger partial charge in [-0.1, -0.05) is 341 Å². The minimum atomic E-state index is -0.843. The number of aliphatic hydroxyl groups excluding tert-OH is 2. The molecular weight excluding hydrogens is 887 g/mol. The van der Waals surface area contributed by atoms with Crippen molar-refractivity contribution in [1.29, 1.82) is 0 Å². The van der Waals surface area contributed by atoms with E-state index in [-0.39, 0.29) is 18.5 Å². The number of hydrogen-bond donors (Lipinski definition) is 3. The van der Waals surface area contributed by atoms with Crippen LogP contribution in [0.2, 0.25) is 0 Å². The van der Waals surface area contributed by atoms with Crippen molar-refractivity contribution in [2.45, 2.75) is 386 Å². The molecule has 0 aliphatic rings. The summed E-state index contributed by atoms with van der Waals surface area (Å²) in [6.07, 6.45) is 75.5. The first kappa shape index (κ1) is 70.6. The van der Waals surface area contributed by atoms with E-state index in [0.717, 1.165) is 38.5 Å². The van der Waals surface area contributed by atoms with Crippen molar-refractivity contribution in [3.63, 3.8) is 0 Å². The van der Waals surface area contributed by atoms with Gasteiger partial charge in [-0.15, -0.1) is 0 Å². The zero-order valence-electron chi connectivity index (χ0n) is 48.9. The Morgan fingerprint density at radius 2 is 0.639 bits per heavy atom. The van der Waals surface area contributed by atoms with Gasteiger partial charge in [0.1, 0.15) is 0 Å². The van der Waals surface area contributed by atoms with Crippen molar-refractivity contribution in [2.24, 2.45) is 0 Å². The van der Waals surface area contributed by atoms with Gasteiger partial charge < -0.3 is 20.3 Å². The molecule has 0 radical (unpaired) electrons. The van der Waals surface area contributed by atoms with Gasteiger partial charge in [-0.05, 0) is 32.1 Å². The maximum Gasteiger partial charge on any atom is 0.305 e. The Hall–Kier alpha value is -1.40. The minimum Gasteiger partial charge on any atom is -0.466 e. The molecule has 6 nitrogen and oxygen atoms in total. The minimum absolute atomic E-state index is 0.0173. The summed E-state index contributed by atoms with van der Waals surface area (Å²) in [5.74, 6) is -0.0459. The van der Waals surface area contributed by atoms with Gasteiger partial charge >= 0.3 is 5.97 Å². The third-order valence-corrected chi connectivity index (χ3v) is 15.6. The van der Waals surface area contributed by atoms with Crippen molar-refractivity contribution in [3.05, 3.63) is 12.2 Å². The number of allylic oxidation sites excluding steroid dienone is 1. The number of carbonyl (C=O) groups is 2. The van der Waals surface area contributed by atoms with E-state index in [4.69, 9.17) is 4.74 Å². The summed E-state index contributed by atoms with van der Waals surface area (Å²) in [5, 5.41) is 23.2. The molecule has 2 unspecified atom stereocenters. The van der Waals surface area contributed by atoms with E-state index in [2.05, 4.69) is 19.2 Å². The van der Waals surface area contributed by atoms with Gasteiger partial charge in [0.25, 0.3) is 0 Å². The van der Waals surface area contributed by atoms with Gasteiger partial charge in [-0.25, -0.2) is 0 Å². The monoisotopic (exact) mass is 1020 g/mol. The van der Waals surface area contributed by atoms with E-state index in [9.17, 15) is 19.8 Å². The number of hydrogen-bond acceptors (Lipinski definition) is 5. The second kappa shape index (κ2) is 62.1. The topological polar surface area (TPSA) is 95.9 Å². The summed E-state index contributed by atoms with van der Waals surface area (Å²) in [6, 6.07) is -0.626. The first-order valence-corrected chi connectivity index (χ1v) is 33.0. The highest BCUT2D eigenvalue weighted by Crippen LogP contribution is 2.19. The summed E-state index contributed by atoms with van der Waals surface area (Å²) < 4.78 is 5.49. The zero-order chi connectivity index (χ0) is 52.2. The Balaban J connectivity index is 3.38. The van der Waals surface area contributed by atoms with Crippen LogP contribution in [0.5, 0.6) is 0 Å². The highest BCUT2D eigenvalue weighted by atomic mass is 16.5. The molecular formula is C66H129NO5. The van der Waals surface area contributed by atoms with Crippen LogP contribution in [0.15, 0.2) is 12.2 Å². The van der Waals surface area contributed by atoms with Crippen LogP contribution in [0.25, 0.3) is 0 Å². The van der Waals surface area contributed by atoms with Crippen molar-refractivity contribution in [3.8, 4) is 0 Å². The molecule has 0 spiro atoms. The molecule has 428 valence electrons. The lowest BCUT2D eigenvalue weighted by molar-refractivity contribution is -0.143. The van der Waals surface area contributed by atoms with Crippen LogP contribution >= 0.6 is 0 Å². The van der Waals surface area contributed by atoms with Gasteiger partial charge in [0.15, 0.2) is 0 Å². The first-order valence-electron chi connectivity index (χ1n) is 33.0. The lowest BCUT2D eigenvalue weighted by Crippen LogP contribution is -2.45. The molecule has 72 heavy (non-hydrogen) atoms. The molecule has 3 N–H and O–H groups in total. The summed E-state index contributed by atoms with van der Waals surface area (Å²) in [4.78, 5) is 24.5. The summed E-state index contributed by atoms with van der Waals surface area (Å²) in [6.45, 7) is 4.94. The fraction of sp³-hybridized carbons (Fsp3) is 0.939. The van der Waals surface area contributed by atoms with Crippen LogP contribution in [0.4, 0.5) is 0 Å². The molecule has 0 saturated heterocycles. The van der Waals surface area contributed by atoms with E-state index in [1.807, 2.05) is 6.08 Å². The molecule has 0 aromatic carbocycles. The Bertz CT molecular complexity index is 1080. The number of esters is 1. The maximum absolute atomic E-state index is 12.5. The quantitative estimate of drug-likeness (QED) is 0.0320. The predicted molar refractivity (Wildman–Crippen MR) is 315 cm³/mol. The normalized spacial score (nSPS) is 12.6. The molecule has 0 fully saturated rings. The summed E-state index contributed by atoms with van der Waals surface area (Å²) >= 11 is 0. The van der Waals surface area contributed by atoms with Crippen molar-refractivity contribution >= 4 is 11.9 Å². The molecule has 0 aromatic rings. The average Bonchev–Trinajstić information content (AvgIpc) is 3.38. The van der Waals surface area contributed by atoms with E-state index < -0.39 is 12.1 Å². The van der Waals surface area contributed by atoms with Gasteiger partial charge in [-0.2, -0.15) is 0 Å². The Labute approximate surface area is 450 Å². The van der Waals surface area contributed by atoms with E-state index >= 15 is 0 Å². The Kier molecular flexibility index (Phi) is 60.9. The van der Waals surface area contributed by atoms with Gasteiger partial charge in [0.2, 0.25) is 5.91 Å². The van der Waals surface area contributed by atoms with E-state index in [1.165, 1.54) is 308 Å². The molecule has 0 aliphatic carbocycles. The van der Waals surface area contributed by atoms with Crippen LogP contribution in [-0.2, 0) is 14.3 Å². The van der Waals surface area contributed by atoms with Crippen LogP contribution < -0.4 is 5.32 Å². The highest BCUT2D eigenvalue weighted by Gasteiger charge is 2.18. The maximum atomic E-state index is 12.5. The summed E-state index contributed by atoms with van der Waals surface area (Å²) in [7, 11) is 0. The molecule has 0 heterocycles. The standard InChI is InChI=1S/C66H129NO5/c1-3-5-7-9-11-13-15-17-18-19-28-31-35-38-42-46-50-54-58-64(69)63(62-68)67-65(70)59-55-51-47-43-39-36-32-29-26-24-22-20-21-23-25-27-30-33-37-41-45-49-53-57-61-72-66(71)60-56-52-48-44-40-34-16-14-12-10-8-6-4-2/h54,58,63-64,68-69H,3-53,55-57,59-62H2,1-2H3,(H,67,70)/b58-54+. The van der Waals surface area contributed by atoms with Crippen LogP contribution in [0, 0.1) is 0 Å². The molecule has 1 amide bonds. The molecule has 0 rings (SSSR count). The fourth-order valence-corrected chi connectivity index (χ4v) is 10.5. The number of aliphatic hydroxyl groups is 2. The Morgan fingerprint density at radius 3 is 0.944 bits per heavy atom. The smallest absolute Gasteiger partial charge is 0.305 e. The van der Waals surface area contributed by atoms with Gasteiger partial charge in [0, 0.05) is 12.8 Å². The van der Waals surface area contributed by atoms with Crippen molar-refractivity contribution < 1.29 is 24.5 Å². The second-order valence-electron chi connectivity index (χ2n) is 22.8. The van der Waals surface area contributed by atoms with Crippen molar-refractivity contribution in [2.75, 3.05) is 13.2 Å². The fourth-order valence-electron chi connectivity index (χ4n) is 10.5. The molecule has 0 aromatic heterocycles. The number of ether oxygens (including phenoxy) is 1. The molecule has 6 heteroatoms. The SMILES string of the molecule is CCCCCCCCCCCCCCCCCC/C=C/C(O)C(CO)NC(=O)CCCCCCCCCCCCCCCCCCCCCCCCCCOC(=O)CCCCCCCCCCCCCCC. The third kappa shape index (κ3) is 57.9. The van der Waals surface area contributed by atoms with E-state index in [1.54, 1.807) is 6.08 Å². The number of unbranched alkanes of at least 4 members (excludes halogenated alkanes) is 51. The van der Waals surface area contributed by atoms with Crippen LogP contribution in [0.1, 0.15) is 373 Å². The lowest BCUT2D eigenvalue weighted by atomic mass is 10.0. The summed E-state index contributed by atoms with van der Waals surface area (Å²) in [5.41, 5.74) is 0. The second-order valence-corrected chi connectivity index (χ2v) is 22.8. The number of rotatable bonds is 62. The van der Waals surface area contributed by atoms with Gasteiger partial charge in [0.05, 0.1) is 25.4 Å². The first-order chi connectivity index (χ1) is 35.5. The molecule has 0 saturated carbocycles. The number of nitrogens with one attached hydrogen (secondary N) is 1. The number of carbonyl (C=O) groups excluding carboxylic acids is 2. The zero-order valence-corrected chi connectivity index (χ0v) is 48.9. The third-order valence-electron chi connectivity index (χ3n) is 15.6. The van der Waals surface area contributed by atoms with E-state index in [0.29, 0.717) is 19.4 Å². The van der Waals surface area contributed by atoms with Gasteiger partial charge in [-0.3, -0.25) is 9.59 Å². The predicted octanol–water partition coefficient (Wildman–Crippen LogP) is 20.8. The lowest BCUT2D eigenvalue weighted by Gasteiger charge is -2.20. The average molecular weight is 1020 g/mol. The molecule has 0 bridgehead atoms. The molecule has 0 aliphatic heterocycles. The largest absolute Gasteiger partial charge is 0.466 e. The Morgan fingerprint density at radius 1 is 0.375 bits per heavy atom. The van der Waals surface area contributed by atoms with Crippen LogP contribution in [0.3, 0.4) is 0 Å². The highest BCUT2D eigenvalue weighted by molar-refractivity contribution is 5.76. The van der Waals surface area contributed by atoms with Crippen LogP contribution in [-0.4, -0.2) is 47.4 Å². The molecule has 2 atom stereocenters. The van der Waals surface area contributed by atoms with Crippen molar-refractivity contribution in [1.82, 2.24) is 5.32 Å². The number of amides is 1.